The van der Waals surface area contributed by atoms with E-state index in [2.05, 4.69) is 11.2 Å². The van der Waals surface area contributed by atoms with Crippen LogP contribution in [0, 0.1) is 19.3 Å². The quantitative estimate of drug-likeness (QED) is 0.656. The van der Waals surface area contributed by atoms with Crippen molar-refractivity contribution >= 4 is 33.0 Å². The van der Waals surface area contributed by atoms with Crippen LogP contribution in [0.2, 0.25) is 0 Å². The van der Waals surface area contributed by atoms with Gasteiger partial charge in [0.2, 0.25) is 0 Å². The van der Waals surface area contributed by atoms with Gasteiger partial charge < -0.3 is 11.1 Å². The van der Waals surface area contributed by atoms with E-state index in [9.17, 15) is 4.79 Å². The van der Waals surface area contributed by atoms with Crippen LogP contribution in [0.5, 0.6) is 0 Å². The summed E-state index contributed by atoms with van der Waals surface area (Å²) in [6.07, 6.45) is 5.66. The molecule has 0 saturated carbocycles. The molecule has 1 aromatic heterocycles. The van der Waals surface area contributed by atoms with Gasteiger partial charge in [0.1, 0.15) is 4.88 Å². The number of hydrogen-bond acceptors (Lipinski definition) is 3. The molecule has 1 amide bonds. The van der Waals surface area contributed by atoms with E-state index < -0.39 is 0 Å². The molecule has 0 bridgehead atoms. The molecular weight excluding hydrogens is 244 g/mol. The minimum atomic E-state index is -0.150. The van der Waals surface area contributed by atoms with Crippen LogP contribution >= 0.6 is 11.3 Å². The topological polar surface area (TPSA) is 55.1 Å². The van der Waals surface area contributed by atoms with Crippen molar-refractivity contribution in [1.82, 2.24) is 5.32 Å². The van der Waals surface area contributed by atoms with Gasteiger partial charge in [-0.25, -0.2) is 0 Å². The Hall–Kier alpha value is -1.99. The third-order valence-electron chi connectivity index (χ3n) is 2.71. The van der Waals surface area contributed by atoms with Crippen molar-refractivity contribution in [2.45, 2.75) is 13.3 Å². The zero-order valence-electron chi connectivity index (χ0n) is 10.1. The second-order valence-electron chi connectivity index (χ2n) is 4.01. The van der Waals surface area contributed by atoms with Crippen molar-refractivity contribution in [3.05, 3.63) is 28.6 Å². The van der Waals surface area contributed by atoms with E-state index >= 15 is 0 Å². The van der Waals surface area contributed by atoms with Crippen LogP contribution in [0.15, 0.2) is 18.2 Å². The number of nitrogen functional groups attached to an aromatic ring is 1. The fourth-order valence-corrected chi connectivity index (χ4v) is 2.88. The smallest absolute Gasteiger partial charge is 0.263 e. The number of nitrogens with one attached hydrogen (secondary N) is 1. The summed E-state index contributed by atoms with van der Waals surface area (Å²) in [5.41, 5.74) is 7.71. The first-order valence-electron chi connectivity index (χ1n) is 5.64. The maximum atomic E-state index is 12.0. The summed E-state index contributed by atoms with van der Waals surface area (Å²) >= 11 is 1.43. The standard InChI is InChI=1S/C14H14N2OS/c1-3-4-8-16-14(17)13-11(15)10-7-5-6-9(2)12(10)18-13/h1,5-7H,4,8,15H2,2H3,(H,16,17). The van der Waals surface area contributed by atoms with Crippen molar-refractivity contribution in [3.63, 3.8) is 0 Å². The van der Waals surface area contributed by atoms with Gasteiger partial charge in [-0.15, -0.1) is 23.7 Å². The molecule has 2 aromatic rings. The Bertz CT molecular complexity index is 637. The number of carbonyl (C=O) groups is 1. The molecule has 2 rings (SSSR count). The first kappa shape index (κ1) is 12.5. The third-order valence-corrected chi connectivity index (χ3v) is 4.07. The second kappa shape index (κ2) is 5.11. The summed E-state index contributed by atoms with van der Waals surface area (Å²) in [6, 6.07) is 5.89. The highest BCUT2D eigenvalue weighted by Crippen LogP contribution is 2.35. The van der Waals surface area contributed by atoms with Gasteiger partial charge in [0.25, 0.3) is 5.91 Å². The molecule has 1 heterocycles. The molecular formula is C14H14N2OS. The molecule has 0 radical (unpaired) electrons. The van der Waals surface area contributed by atoms with E-state index in [1.54, 1.807) is 0 Å². The molecule has 4 heteroatoms. The average molecular weight is 258 g/mol. The van der Waals surface area contributed by atoms with Gasteiger partial charge in [0.15, 0.2) is 0 Å². The molecule has 92 valence electrons. The van der Waals surface area contributed by atoms with E-state index in [4.69, 9.17) is 12.2 Å². The minimum absolute atomic E-state index is 0.150. The fourth-order valence-electron chi connectivity index (χ4n) is 1.78. The largest absolute Gasteiger partial charge is 0.397 e. The molecule has 0 unspecified atom stereocenters. The Morgan fingerprint density at radius 2 is 2.33 bits per heavy atom. The summed E-state index contributed by atoms with van der Waals surface area (Å²) in [5, 5.41) is 3.72. The second-order valence-corrected chi connectivity index (χ2v) is 5.03. The monoisotopic (exact) mass is 258 g/mol. The molecule has 0 aliphatic heterocycles. The Morgan fingerprint density at radius 1 is 1.56 bits per heavy atom. The first-order chi connectivity index (χ1) is 8.65. The maximum Gasteiger partial charge on any atom is 0.263 e. The maximum absolute atomic E-state index is 12.0. The predicted molar refractivity (Wildman–Crippen MR) is 76.8 cm³/mol. The Balaban J connectivity index is 2.35. The Labute approximate surface area is 110 Å². The Kier molecular flexibility index (Phi) is 3.54. The summed E-state index contributed by atoms with van der Waals surface area (Å²) < 4.78 is 1.07. The van der Waals surface area contributed by atoms with E-state index in [1.165, 1.54) is 11.3 Å². The highest BCUT2D eigenvalue weighted by molar-refractivity contribution is 7.21. The van der Waals surface area contributed by atoms with Crippen molar-refractivity contribution in [2.24, 2.45) is 0 Å². The summed E-state index contributed by atoms with van der Waals surface area (Å²) in [6.45, 7) is 2.49. The SMILES string of the molecule is C#CCCNC(=O)c1sc2c(C)cccc2c1N. The molecule has 0 spiro atoms. The number of fused-ring (bicyclic) bond motifs is 1. The first-order valence-corrected chi connectivity index (χ1v) is 6.46. The van der Waals surface area contributed by atoms with Crippen molar-refractivity contribution < 1.29 is 4.79 Å². The molecule has 18 heavy (non-hydrogen) atoms. The van der Waals surface area contributed by atoms with Gasteiger partial charge in [-0.05, 0) is 12.5 Å². The summed E-state index contributed by atoms with van der Waals surface area (Å²) in [5.74, 6) is 2.33. The van der Waals surface area contributed by atoms with Gasteiger partial charge in [0, 0.05) is 23.1 Å². The van der Waals surface area contributed by atoms with Gasteiger partial charge in [-0.3, -0.25) is 4.79 Å². The lowest BCUT2D eigenvalue weighted by atomic mass is 10.1. The molecule has 3 nitrogen and oxygen atoms in total. The number of amides is 1. The molecule has 0 fully saturated rings. The predicted octanol–water partition coefficient (Wildman–Crippen LogP) is 2.55. The van der Waals surface area contributed by atoms with Gasteiger partial charge in [0.05, 0.1) is 5.69 Å². The zero-order valence-corrected chi connectivity index (χ0v) is 10.9. The number of hydrogen-bond donors (Lipinski definition) is 2. The fraction of sp³-hybridized carbons (Fsp3) is 0.214. The van der Waals surface area contributed by atoms with Crippen LogP contribution in [0.25, 0.3) is 10.1 Å². The number of thiophene rings is 1. The average Bonchev–Trinajstić information content (AvgIpc) is 2.69. The highest BCUT2D eigenvalue weighted by Gasteiger charge is 2.16. The molecule has 0 saturated heterocycles. The summed E-state index contributed by atoms with van der Waals surface area (Å²) in [4.78, 5) is 12.5. The van der Waals surface area contributed by atoms with E-state index in [-0.39, 0.29) is 5.91 Å². The van der Waals surface area contributed by atoms with E-state index in [0.29, 0.717) is 23.5 Å². The molecule has 0 atom stereocenters. The van der Waals surface area contributed by atoms with Gasteiger partial charge in [-0.1, -0.05) is 18.2 Å². The van der Waals surface area contributed by atoms with Gasteiger partial charge >= 0.3 is 0 Å². The third kappa shape index (κ3) is 2.18. The number of nitrogens with two attached hydrogens (primary N) is 1. The minimum Gasteiger partial charge on any atom is -0.397 e. The lowest BCUT2D eigenvalue weighted by Gasteiger charge is -2.01. The molecule has 1 aromatic carbocycles. The van der Waals surface area contributed by atoms with Crippen molar-refractivity contribution in [3.8, 4) is 12.3 Å². The van der Waals surface area contributed by atoms with Crippen molar-refractivity contribution in [2.75, 3.05) is 12.3 Å². The van der Waals surface area contributed by atoms with Crippen molar-refractivity contribution in [1.29, 1.82) is 0 Å². The van der Waals surface area contributed by atoms with Gasteiger partial charge in [-0.2, -0.15) is 0 Å². The molecule has 3 N–H and O–H groups in total. The molecule has 0 aliphatic rings. The number of anilines is 1. The lowest BCUT2D eigenvalue weighted by Crippen LogP contribution is -2.23. The number of aryl methyl sites for hydroxylation is 1. The van der Waals surface area contributed by atoms with Crippen LogP contribution in [0.4, 0.5) is 5.69 Å². The summed E-state index contributed by atoms with van der Waals surface area (Å²) in [7, 11) is 0. The number of carbonyl (C=O) groups excluding carboxylic acids is 1. The Morgan fingerprint density at radius 3 is 3.00 bits per heavy atom. The van der Waals surface area contributed by atoms with Crippen LogP contribution < -0.4 is 11.1 Å². The lowest BCUT2D eigenvalue weighted by molar-refractivity contribution is 0.0959. The van der Waals surface area contributed by atoms with E-state index in [0.717, 1.165) is 15.6 Å². The van der Waals surface area contributed by atoms with Crippen LogP contribution in [-0.2, 0) is 0 Å². The number of rotatable bonds is 3. The normalized spacial score (nSPS) is 10.2. The highest BCUT2D eigenvalue weighted by atomic mass is 32.1. The van der Waals surface area contributed by atoms with Crippen LogP contribution in [0.3, 0.4) is 0 Å². The van der Waals surface area contributed by atoms with E-state index in [1.807, 2.05) is 25.1 Å². The number of benzene rings is 1. The van der Waals surface area contributed by atoms with Crippen LogP contribution in [0.1, 0.15) is 21.7 Å². The molecule has 0 aliphatic carbocycles. The zero-order chi connectivity index (χ0) is 13.1. The van der Waals surface area contributed by atoms with Crippen LogP contribution in [-0.4, -0.2) is 12.5 Å². The number of terminal acetylenes is 1.